The zero-order valence-electron chi connectivity index (χ0n) is 17.5. The number of sulfone groups is 1. The predicted octanol–water partition coefficient (Wildman–Crippen LogP) is 4.68. The minimum absolute atomic E-state index is 0.00159. The van der Waals surface area contributed by atoms with Gasteiger partial charge in [-0.2, -0.15) is 0 Å². The van der Waals surface area contributed by atoms with Crippen molar-refractivity contribution >= 4 is 49.9 Å². The second kappa shape index (κ2) is 8.34. The lowest BCUT2D eigenvalue weighted by Crippen LogP contribution is -2.36. The Bertz CT molecular complexity index is 1360. The van der Waals surface area contributed by atoms with Crippen LogP contribution >= 0.6 is 11.6 Å². The number of nitrogens with zero attached hydrogens (tertiary/aromatic N) is 1. The summed E-state index contributed by atoms with van der Waals surface area (Å²) in [4.78, 5) is 18.4. The van der Waals surface area contributed by atoms with Crippen molar-refractivity contribution in [1.29, 1.82) is 0 Å². The van der Waals surface area contributed by atoms with E-state index in [1.54, 1.807) is 0 Å². The van der Waals surface area contributed by atoms with E-state index < -0.39 is 9.84 Å². The second-order valence-electron chi connectivity index (χ2n) is 8.45. The highest BCUT2D eigenvalue weighted by Crippen LogP contribution is 2.37. The predicted molar refractivity (Wildman–Crippen MR) is 129 cm³/mol. The molecular formula is C25H23ClN2O3S. The van der Waals surface area contributed by atoms with Gasteiger partial charge in [0.1, 0.15) is 0 Å². The average molecular weight is 467 g/mol. The van der Waals surface area contributed by atoms with Crippen LogP contribution in [0.25, 0.3) is 22.6 Å². The van der Waals surface area contributed by atoms with Gasteiger partial charge in [-0.15, -0.1) is 0 Å². The topological polar surface area (TPSA) is 76.1 Å². The molecule has 32 heavy (non-hydrogen) atoms. The Morgan fingerprint density at radius 1 is 1.09 bits per heavy atom. The zero-order valence-corrected chi connectivity index (χ0v) is 19.0. The van der Waals surface area contributed by atoms with Gasteiger partial charge in [0.05, 0.1) is 28.3 Å². The van der Waals surface area contributed by atoms with Gasteiger partial charge in [-0.05, 0) is 60.6 Å². The smallest absolute Gasteiger partial charge is 0.252 e. The molecule has 0 saturated carbocycles. The molecule has 1 unspecified atom stereocenters. The van der Waals surface area contributed by atoms with E-state index in [2.05, 4.69) is 11.4 Å². The standard InChI is InChI=1S/C25H23ClN2O3S/c26-21-10-3-1-6-16(21)14-17-7-5-9-20-23(19-8-2-4-11-22(19)28-24(17)20)25(29)27-18-12-13-32(30,31)15-18/h1-4,6,8,10-11,14,18H,5,7,9,12-13,15H2,(H,27,29)/b17-14+. The molecule has 0 radical (unpaired) electrons. The van der Waals surface area contributed by atoms with Crippen molar-refractivity contribution in [3.05, 3.63) is 75.9 Å². The van der Waals surface area contributed by atoms with Crippen LogP contribution in [0.1, 0.15) is 46.4 Å². The summed E-state index contributed by atoms with van der Waals surface area (Å²) in [5.74, 6) is -0.0969. The Morgan fingerprint density at radius 2 is 1.88 bits per heavy atom. The van der Waals surface area contributed by atoms with Crippen LogP contribution in [0.2, 0.25) is 5.02 Å². The van der Waals surface area contributed by atoms with Crippen molar-refractivity contribution in [2.75, 3.05) is 11.5 Å². The summed E-state index contributed by atoms with van der Waals surface area (Å²) in [5, 5.41) is 4.45. The summed E-state index contributed by atoms with van der Waals surface area (Å²) in [6.45, 7) is 0. The fourth-order valence-corrected chi connectivity index (χ4v) is 6.54. The number of hydrogen-bond donors (Lipinski definition) is 1. The van der Waals surface area contributed by atoms with Crippen LogP contribution in [0.15, 0.2) is 48.5 Å². The minimum Gasteiger partial charge on any atom is -0.348 e. The molecule has 5 rings (SSSR count). The number of nitrogens with one attached hydrogen (secondary N) is 1. The van der Waals surface area contributed by atoms with Gasteiger partial charge in [-0.1, -0.05) is 48.0 Å². The Balaban J connectivity index is 1.62. The third-order valence-corrected chi connectivity index (χ3v) is 8.31. The molecule has 1 fully saturated rings. The molecule has 0 bridgehead atoms. The third kappa shape index (κ3) is 4.05. The summed E-state index contributed by atoms with van der Waals surface area (Å²) in [6, 6.07) is 15.0. The van der Waals surface area contributed by atoms with E-state index in [-0.39, 0.29) is 23.5 Å². The first-order valence-electron chi connectivity index (χ1n) is 10.8. The molecule has 1 atom stereocenters. The minimum atomic E-state index is -3.08. The monoisotopic (exact) mass is 466 g/mol. The Morgan fingerprint density at radius 3 is 2.66 bits per heavy atom. The van der Waals surface area contributed by atoms with Crippen molar-refractivity contribution in [3.63, 3.8) is 0 Å². The van der Waals surface area contributed by atoms with Gasteiger partial charge in [0.25, 0.3) is 5.91 Å². The van der Waals surface area contributed by atoms with Crippen LogP contribution < -0.4 is 5.32 Å². The molecule has 5 nitrogen and oxygen atoms in total. The van der Waals surface area contributed by atoms with E-state index in [9.17, 15) is 13.2 Å². The summed E-state index contributed by atoms with van der Waals surface area (Å²) < 4.78 is 23.7. The van der Waals surface area contributed by atoms with Gasteiger partial charge in [-0.3, -0.25) is 4.79 Å². The van der Waals surface area contributed by atoms with Gasteiger partial charge < -0.3 is 5.32 Å². The molecule has 0 spiro atoms. The molecule has 164 valence electrons. The van der Waals surface area contributed by atoms with Gasteiger partial charge in [0, 0.05) is 16.5 Å². The number of hydrogen-bond acceptors (Lipinski definition) is 4. The molecule has 2 aromatic carbocycles. The lowest BCUT2D eigenvalue weighted by atomic mass is 9.85. The number of allylic oxidation sites excluding steroid dienone is 1. The fourth-order valence-electron chi connectivity index (χ4n) is 4.68. The SMILES string of the molecule is O=C(NC1CCS(=O)(=O)C1)c1c2c(nc3ccccc13)/C(=C/c1ccccc1Cl)CCC2. The quantitative estimate of drug-likeness (QED) is 0.608. The van der Waals surface area contributed by atoms with Crippen LogP contribution in [0.5, 0.6) is 0 Å². The molecule has 1 aliphatic heterocycles. The Hall–Kier alpha value is -2.70. The molecular weight excluding hydrogens is 444 g/mol. The van der Waals surface area contributed by atoms with Crippen LogP contribution in [0.4, 0.5) is 0 Å². The first kappa shape index (κ1) is 21.2. The molecule has 1 N–H and O–H groups in total. The summed E-state index contributed by atoms with van der Waals surface area (Å²) >= 11 is 6.39. The maximum absolute atomic E-state index is 13.4. The summed E-state index contributed by atoms with van der Waals surface area (Å²) in [5.41, 5.74) is 5.10. The van der Waals surface area contributed by atoms with Crippen molar-refractivity contribution in [1.82, 2.24) is 10.3 Å². The number of carbonyl (C=O) groups excluding carboxylic acids is 1. The van der Waals surface area contributed by atoms with Crippen molar-refractivity contribution < 1.29 is 13.2 Å². The molecule has 1 aromatic heterocycles. The Labute approximate surface area is 192 Å². The average Bonchev–Trinajstić information content (AvgIpc) is 3.12. The molecule has 2 heterocycles. The van der Waals surface area contributed by atoms with Crippen LogP contribution in [-0.2, 0) is 16.3 Å². The van der Waals surface area contributed by atoms with E-state index >= 15 is 0 Å². The zero-order chi connectivity index (χ0) is 22.3. The molecule has 1 aliphatic carbocycles. The number of rotatable bonds is 3. The fraction of sp³-hybridized carbons (Fsp3) is 0.280. The van der Waals surface area contributed by atoms with Gasteiger partial charge in [-0.25, -0.2) is 13.4 Å². The van der Waals surface area contributed by atoms with Crippen LogP contribution in [0.3, 0.4) is 0 Å². The van der Waals surface area contributed by atoms with Gasteiger partial charge in [0.15, 0.2) is 9.84 Å². The van der Waals surface area contributed by atoms with E-state index in [1.807, 2.05) is 48.5 Å². The highest BCUT2D eigenvalue weighted by molar-refractivity contribution is 7.91. The van der Waals surface area contributed by atoms with Crippen molar-refractivity contribution in [3.8, 4) is 0 Å². The van der Waals surface area contributed by atoms with E-state index in [0.29, 0.717) is 17.0 Å². The molecule has 7 heteroatoms. The lowest BCUT2D eigenvalue weighted by molar-refractivity contribution is 0.0941. The van der Waals surface area contributed by atoms with E-state index in [4.69, 9.17) is 16.6 Å². The number of carbonyl (C=O) groups is 1. The number of fused-ring (bicyclic) bond motifs is 2. The number of aromatic nitrogens is 1. The van der Waals surface area contributed by atoms with E-state index in [1.165, 1.54) is 0 Å². The number of benzene rings is 2. The van der Waals surface area contributed by atoms with Gasteiger partial charge >= 0.3 is 0 Å². The number of pyridine rings is 1. The second-order valence-corrected chi connectivity index (χ2v) is 11.1. The molecule has 1 amide bonds. The van der Waals surface area contributed by atoms with Crippen LogP contribution in [0, 0.1) is 0 Å². The Kier molecular flexibility index (Phi) is 5.51. The van der Waals surface area contributed by atoms with Crippen LogP contribution in [-0.4, -0.2) is 36.9 Å². The van der Waals surface area contributed by atoms with Gasteiger partial charge in [0.2, 0.25) is 0 Å². The van der Waals surface area contributed by atoms with E-state index in [0.717, 1.165) is 52.6 Å². The number of halogens is 1. The molecule has 1 saturated heterocycles. The first-order chi connectivity index (χ1) is 15.4. The number of amides is 1. The lowest BCUT2D eigenvalue weighted by Gasteiger charge is -2.23. The summed E-state index contributed by atoms with van der Waals surface area (Å²) in [6.07, 6.45) is 5.02. The summed E-state index contributed by atoms with van der Waals surface area (Å²) in [7, 11) is -3.08. The first-order valence-corrected chi connectivity index (χ1v) is 13.0. The number of para-hydroxylation sites is 1. The molecule has 2 aliphatic rings. The highest BCUT2D eigenvalue weighted by atomic mass is 35.5. The van der Waals surface area contributed by atoms with Crippen molar-refractivity contribution in [2.24, 2.45) is 0 Å². The maximum Gasteiger partial charge on any atom is 0.252 e. The van der Waals surface area contributed by atoms with Crippen molar-refractivity contribution in [2.45, 2.75) is 31.7 Å². The largest absolute Gasteiger partial charge is 0.348 e. The third-order valence-electron chi connectivity index (χ3n) is 6.20. The molecule has 3 aromatic rings. The highest BCUT2D eigenvalue weighted by Gasteiger charge is 2.31. The normalized spacial score (nSPS) is 20.9. The maximum atomic E-state index is 13.4.